The molecule has 1 saturated heterocycles. The first kappa shape index (κ1) is 12.7. The standard InChI is InChI=1S/C13H16N4OS2/c19-13-16-15-12(18-13)11-10(8-3-4-8)14-9(20-11)7-17-5-1-2-6-17/h8H,1-7H2,(H,16,19). The summed E-state index contributed by atoms with van der Waals surface area (Å²) in [6.07, 6.45) is 5.07. The van der Waals surface area contributed by atoms with Gasteiger partial charge in [0, 0.05) is 5.92 Å². The third-order valence-corrected chi connectivity index (χ3v) is 5.07. The van der Waals surface area contributed by atoms with E-state index >= 15 is 0 Å². The largest absolute Gasteiger partial charge is 0.408 e. The Morgan fingerprint density at radius 1 is 1.35 bits per heavy atom. The highest BCUT2D eigenvalue weighted by molar-refractivity contribution is 7.71. The summed E-state index contributed by atoms with van der Waals surface area (Å²) in [4.78, 5) is 8.72. The molecule has 0 radical (unpaired) electrons. The van der Waals surface area contributed by atoms with Crippen molar-refractivity contribution in [2.45, 2.75) is 38.1 Å². The van der Waals surface area contributed by atoms with Crippen LogP contribution < -0.4 is 0 Å². The van der Waals surface area contributed by atoms with Crippen LogP contribution in [0.4, 0.5) is 0 Å². The van der Waals surface area contributed by atoms with Gasteiger partial charge in [0.15, 0.2) is 0 Å². The molecule has 106 valence electrons. The fourth-order valence-corrected chi connectivity index (χ4v) is 3.93. The first-order chi connectivity index (χ1) is 9.79. The van der Waals surface area contributed by atoms with E-state index < -0.39 is 0 Å². The van der Waals surface area contributed by atoms with E-state index in [-0.39, 0.29) is 0 Å². The molecule has 7 heteroatoms. The smallest absolute Gasteiger partial charge is 0.284 e. The average Bonchev–Trinajstić information content (AvgIpc) is 2.86. The number of aromatic nitrogens is 3. The number of rotatable bonds is 4. The SMILES string of the molecule is S=c1[nH]nc(-c2sc(CN3CCCC3)nc2C2CC2)o1. The molecule has 0 amide bonds. The van der Waals surface area contributed by atoms with Crippen LogP contribution in [0, 0.1) is 4.84 Å². The second-order valence-electron chi connectivity index (χ2n) is 5.50. The van der Waals surface area contributed by atoms with Gasteiger partial charge in [0.2, 0.25) is 0 Å². The molecule has 1 aliphatic carbocycles. The summed E-state index contributed by atoms with van der Waals surface area (Å²) in [5, 5.41) is 8.04. The lowest BCUT2D eigenvalue weighted by Crippen LogP contribution is -2.18. The van der Waals surface area contributed by atoms with E-state index in [0.29, 0.717) is 16.6 Å². The lowest BCUT2D eigenvalue weighted by Gasteiger charge is -2.11. The molecule has 2 aliphatic rings. The molecule has 2 fully saturated rings. The van der Waals surface area contributed by atoms with Crippen molar-refractivity contribution in [2.75, 3.05) is 13.1 Å². The van der Waals surface area contributed by atoms with Gasteiger partial charge in [-0.3, -0.25) is 4.90 Å². The Balaban J connectivity index is 1.66. The second kappa shape index (κ2) is 5.05. The normalized spacial score (nSPS) is 19.8. The summed E-state index contributed by atoms with van der Waals surface area (Å²) in [6, 6.07) is 0. The molecule has 1 aliphatic heterocycles. The van der Waals surface area contributed by atoms with Crippen LogP contribution >= 0.6 is 23.6 Å². The Morgan fingerprint density at radius 3 is 2.80 bits per heavy atom. The molecule has 4 rings (SSSR count). The van der Waals surface area contributed by atoms with E-state index in [4.69, 9.17) is 21.6 Å². The van der Waals surface area contributed by atoms with Gasteiger partial charge < -0.3 is 4.42 Å². The second-order valence-corrected chi connectivity index (χ2v) is 6.95. The maximum atomic E-state index is 5.48. The number of likely N-dealkylation sites (tertiary alicyclic amines) is 1. The van der Waals surface area contributed by atoms with Crippen LogP contribution in [0.2, 0.25) is 0 Å². The van der Waals surface area contributed by atoms with Crippen LogP contribution in [0.1, 0.15) is 42.3 Å². The van der Waals surface area contributed by atoms with Crippen LogP contribution in [0.15, 0.2) is 4.42 Å². The molecule has 1 saturated carbocycles. The maximum absolute atomic E-state index is 5.48. The van der Waals surface area contributed by atoms with Gasteiger partial charge in [-0.15, -0.1) is 16.4 Å². The number of H-pyrrole nitrogens is 1. The first-order valence-corrected chi connectivity index (χ1v) is 8.30. The summed E-state index contributed by atoms with van der Waals surface area (Å²) in [7, 11) is 0. The maximum Gasteiger partial charge on any atom is 0.284 e. The van der Waals surface area contributed by atoms with Crippen molar-refractivity contribution in [1.82, 2.24) is 20.1 Å². The zero-order valence-corrected chi connectivity index (χ0v) is 12.7. The average molecular weight is 308 g/mol. The van der Waals surface area contributed by atoms with Gasteiger partial charge in [-0.25, -0.2) is 10.1 Å². The fraction of sp³-hybridized carbons (Fsp3) is 0.615. The van der Waals surface area contributed by atoms with Crippen LogP contribution in [-0.2, 0) is 6.54 Å². The summed E-state index contributed by atoms with van der Waals surface area (Å²) < 4.78 is 5.48. The Bertz CT molecular complexity index is 664. The quantitative estimate of drug-likeness (QED) is 0.878. The Labute approximate surface area is 126 Å². The highest BCUT2D eigenvalue weighted by Crippen LogP contribution is 2.45. The predicted molar refractivity (Wildman–Crippen MR) is 79.3 cm³/mol. The zero-order chi connectivity index (χ0) is 13.5. The van der Waals surface area contributed by atoms with Gasteiger partial charge in [-0.1, -0.05) is 0 Å². The molecule has 1 N–H and O–H groups in total. The van der Waals surface area contributed by atoms with Crippen molar-refractivity contribution < 1.29 is 4.42 Å². The number of hydrogen-bond donors (Lipinski definition) is 1. The minimum Gasteiger partial charge on any atom is -0.408 e. The van der Waals surface area contributed by atoms with Crippen LogP contribution in [0.25, 0.3) is 10.8 Å². The van der Waals surface area contributed by atoms with Crippen LogP contribution in [-0.4, -0.2) is 33.2 Å². The molecular formula is C13H16N4OS2. The molecule has 0 atom stereocenters. The van der Waals surface area contributed by atoms with E-state index in [2.05, 4.69) is 15.1 Å². The molecule has 0 unspecified atom stereocenters. The molecule has 2 aromatic rings. The van der Waals surface area contributed by atoms with E-state index in [1.165, 1.54) is 43.8 Å². The first-order valence-electron chi connectivity index (χ1n) is 7.07. The van der Waals surface area contributed by atoms with Gasteiger partial charge in [-0.2, -0.15) is 0 Å². The number of nitrogens with one attached hydrogen (secondary N) is 1. The lowest BCUT2D eigenvalue weighted by atomic mass is 10.2. The van der Waals surface area contributed by atoms with Crippen molar-refractivity contribution in [3.05, 3.63) is 15.5 Å². The van der Waals surface area contributed by atoms with Gasteiger partial charge in [0.25, 0.3) is 10.7 Å². The van der Waals surface area contributed by atoms with Crippen molar-refractivity contribution in [3.8, 4) is 10.8 Å². The summed E-state index contributed by atoms with van der Waals surface area (Å²) >= 11 is 6.68. The molecule has 0 spiro atoms. The molecule has 0 aromatic carbocycles. The third-order valence-electron chi connectivity index (χ3n) is 3.85. The Hall–Kier alpha value is -1.05. The van der Waals surface area contributed by atoms with E-state index in [9.17, 15) is 0 Å². The minimum absolute atomic E-state index is 0.330. The molecule has 0 bridgehead atoms. The highest BCUT2D eigenvalue weighted by Gasteiger charge is 2.32. The number of thiazole rings is 1. The minimum atomic E-state index is 0.330. The lowest BCUT2D eigenvalue weighted by molar-refractivity contribution is 0.330. The monoisotopic (exact) mass is 308 g/mol. The van der Waals surface area contributed by atoms with Gasteiger partial charge in [0.05, 0.1) is 12.2 Å². The zero-order valence-electron chi connectivity index (χ0n) is 11.1. The van der Waals surface area contributed by atoms with Crippen molar-refractivity contribution in [3.63, 3.8) is 0 Å². The summed E-state index contributed by atoms with van der Waals surface area (Å²) in [6.45, 7) is 3.34. The Morgan fingerprint density at radius 2 is 2.15 bits per heavy atom. The number of nitrogens with zero attached hydrogens (tertiary/aromatic N) is 3. The van der Waals surface area contributed by atoms with Gasteiger partial charge in [-0.05, 0) is 51.0 Å². The highest BCUT2D eigenvalue weighted by atomic mass is 32.1. The number of aromatic amines is 1. The van der Waals surface area contributed by atoms with E-state index in [1.54, 1.807) is 11.3 Å². The Kier molecular flexibility index (Phi) is 3.20. The molecular weight excluding hydrogens is 292 g/mol. The topological polar surface area (TPSA) is 58.0 Å². The molecule has 3 heterocycles. The number of hydrogen-bond acceptors (Lipinski definition) is 6. The van der Waals surface area contributed by atoms with Gasteiger partial charge >= 0.3 is 0 Å². The summed E-state index contributed by atoms with van der Waals surface area (Å²) in [5.41, 5.74) is 1.16. The third kappa shape index (κ3) is 2.45. The van der Waals surface area contributed by atoms with Crippen molar-refractivity contribution >= 4 is 23.6 Å². The van der Waals surface area contributed by atoms with Crippen LogP contribution in [0.5, 0.6) is 0 Å². The van der Waals surface area contributed by atoms with E-state index in [0.717, 1.165) is 17.1 Å². The van der Waals surface area contributed by atoms with Gasteiger partial charge in [0.1, 0.15) is 9.88 Å². The summed E-state index contributed by atoms with van der Waals surface area (Å²) in [5.74, 6) is 1.19. The fourth-order valence-electron chi connectivity index (χ4n) is 2.69. The molecule has 2 aromatic heterocycles. The van der Waals surface area contributed by atoms with Crippen molar-refractivity contribution in [2.24, 2.45) is 0 Å². The molecule has 5 nitrogen and oxygen atoms in total. The van der Waals surface area contributed by atoms with Crippen LogP contribution in [0.3, 0.4) is 0 Å². The predicted octanol–water partition coefficient (Wildman–Crippen LogP) is 3.33. The van der Waals surface area contributed by atoms with Crippen molar-refractivity contribution in [1.29, 1.82) is 0 Å². The van der Waals surface area contributed by atoms with E-state index in [1.807, 2.05) is 0 Å². The molecule has 20 heavy (non-hydrogen) atoms.